The monoisotopic (exact) mass is 286 g/mol. The van der Waals surface area contributed by atoms with Crippen molar-refractivity contribution < 1.29 is 9.50 Å². The highest BCUT2D eigenvalue weighted by Gasteiger charge is 2.11. The van der Waals surface area contributed by atoms with Gasteiger partial charge in [0, 0.05) is 0 Å². The quantitative estimate of drug-likeness (QED) is 0.574. The predicted molar refractivity (Wildman–Crippen MR) is 50.5 cm³/mol. The minimum atomic E-state index is -0.748. The van der Waals surface area contributed by atoms with Gasteiger partial charge in [-0.05, 0) is 41.1 Å². The molecule has 0 fully saturated rings. The molecule has 0 spiro atoms. The fourth-order valence-corrected chi connectivity index (χ4v) is 1.36. The van der Waals surface area contributed by atoms with E-state index in [-0.39, 0.29) is 10.8 Å². The van der Waals surface area contributed by atoms with Crippen LogP contribution in [-0.4, -0.2) is 5.11 Å². The van der Waals surface area contributed by atoms with Crippen molar-refractivity contribution in [1.82, 2.24) is 0 Å². The third-order valence-corrected chi connectivity index (χ3v) is 2.95. The number of phenolic OH excluding ortho intramolecular Hbond substituents is 1. The Labute approximate surface area is 82.3 Å². The summed E-state index contributed by atoms with van der Waals surface area (Å²) >= 11 is 7.32. The lowest BCUT2D eigenvalue weighted by molar-refractivity contribution is 0.428. The molecule has 0 aliphatic heterocycles. The van der Waals surface area contributed by atoms with E-state index >= 15 is 0 Å². The first kappa shape index (κ1) is 9.06. The second kappa shape index (κ2) is 3.15. The zero-order valence-corrected chi connectivity index (χ0v) is 8.57. The summed E-state index contributed by atoms with van der Waals surface area (Å²) in [6.45, 7) is 1.76. The van der Waals surface area contributed by atoms with Gasteiger partial charge in [0.2, 0.25) is 0 Å². The maximum atomic E-state index is 12.8. The predicted octanol–water partition coefficient (Wildman–Crippen LogP) is 3.10. The van der Waals surface area contributed by atoms with Crippen LogP contribution >= 0.6 is 34.2 Å². The maximum Gasteiger partial charge on any atom is 0.184 e. The van der Waals surface area contributed by atoms with Crippen molar-refractivity contribution in [1.29, 1.82) is 0 Å². The van der Waals surface area contributed by atoms with Gasteiger partial charge in [-0.3, -0.25) is 0 Å². The van der Waals surface area contributed by atoms with Crippen molar-refractivity contribution in [2.45, 2.75) is 6.92 Å². The first-order chi connectivity index (χ1) is 5.04. The van der Waals surface area contributed by atoms with Crippen LogP contribution in [0.5, 0.6) is 5.75 Å². The molecule has 4 heteroatoms. The van der Waals surface area contributed by atoms with E-state index in [1.165, 1.54) is 6.07 Å². The van der Waals surface area contributed by atoms with Crippen molar-refractivity contribution in [3.8, 4) is 5.75 Å². The van der Waals surface area contributed by atoms with Crippen LogP contribution in [0.1, 0.15) is 5.56 Å². The Hall–Kier alpha value is -0.0300. The molecule has 0 aliphatic rings. The van der Waals surface area contributed by atoms with E-state index in [4.69, 9.17) is 16.7 Å². The summed E-state index contributed by atoms with van der Waals surface area (Å²) in [4.78, 5) is 0. The van der Waals surface area contributed by atoms with Gasteiger partial charge >= 0.3 is 0 Å². The second-order valence-corrected chi connectivity index (χ2v) is 3.64. The Morgan fingerprint density at radius 1 is 1.64 bits per heavy atom. The van der Waals surface area contributed by atoms with E-state index in [0.717, 1.165) is 5.56 Å². The van der Waals surface area contributed by atoms with Crippen LogP contribution < -0.4 is 0 Å². The van der Waals surface area contributed by atoms with E-state index in [0.29, 0.717) is 3.57 Å². The van der Waals surface area contributed by atoms with Crippen LogP contribution in [-0.2, 0) is 0 Å². The van der Waals surface area contributed by atoms with Gasteiger partial charge < -0.3 is 5.11 Å². The molecule has 0 amide bonds. The fourth-order valence-electron chi connectivity index (χ4n) is 0.713. The summed E-state index contributed by atoms with van der Waals surface area (Å²) in [5, 5.41) is 9.06. The molecule has 0 saturated carbocycles. The molecule has 0 bridgehead atoms. The molecule has 1 N–H and O–H groups in total. The SMILES string of the molecule is Cc1cc(Cl)c(F)c(O)c1I. The smallest absolute Gasteiger partial charge is 0.184 e. The summed E-state index contributed by atoms with van der Waals surface area (Å²) in [7, 11) is 0. The molecule has 0 radical (unpaired) electrons. The van der Waals surface area contributed by atoms with Gasteiger partial charge in [0.1, 0.15) is 0 Å². The number of phenols is 1. The van der Waals surface area contributed by atoms with Gasteiger partial charge in [-0.2, -0.15) is 0 Å². The summed E-state index contributed by atoms with van der Waals surface area (Å²) in [5.41, 5.74) is 0.773. The molecule has 0 unspecified atom stereocenters. The summed E-state index contributed by atoms with van der Waals surface area (Å²) < 4.78 is 13.3. The lowest BCUT2D eigenvalue weighted by Gasteiger charge is -2.03. The number of hydrogen-bond donors (Lipinski definition) is 1. The molecule has 60 valence electrons. The van der Waals surface area contributed by atoms with Crippen LogP contribution in [0.2, 0.25) is 5.02 Å². The van der Waals surface area contributed by atoms with Gasteiger partial charge in [-0.15, -0.1) is 0 Å². The van der Waals surface area contributed by atoms with Crippen molar-refractivity contribution >= 4 is 34.2 Å². The Bertz CT molecular complexity index is 275. The van der Waals surface area contributed by atoms with Crippen molar-refractivity contribution in [3.05, 3.63) is 26.0 Å². The largest absolute Gasteiger partial charge is 0.504 e. The standard InChI is InChI=1S/C7H5ClFIO/c1-3-2-4(8)5(9)7(11)6(3)10/h2,11H,1H3. The number of aromatic hydroxyl groups is 1. The normalized spacial score (nSPS) is 10.2. The summed E-state index contributed by atoms with van der Waals surface area (Å²) in [6, 6.07) is 1.48. The molecule has 0 aromatic heterocycles. The minimum Gasteiger partial charge on any atom is -0.504 e. The molecule has 1 rings (SSSR count). The number of hydrogen-bond acceptors (Lipinski definition) is 1. The highest BCUT2D eigenvalue weighted by Crippen LogP contribution is 2.31. The van der Waals surface area contributed by atoms with E-state index in [1.54, 1.807) is 6.92 Å². The third kappa shape index (κ3) is 1.59. The van der Waals surface area contributed by atoms with E-state index in [2.05, 4.69) is 0 Å². The van der Waals surface area contributed by atoms with Crippen LogP contribution in [0.3, 0.4) is 0 Å². The number of rotatable bonds is 0. The Morgan fingerprint density at radius 3 is 2.73 bits per heavy atom. The van der Waals surface area contributed by atoms with Gasteiger partial charge in [0.05, 0.1) is 8.59 Å². The first-order valence-corrected chi connectivity index (χ1v) is 4.32. The third-order valence-electron chi connectivity index (χ3n) is 1.31. The van der Waals surface area contributed by atoms with Crippen molar-refractivity contribution in [2.75, 3.05) is 0 Å². The first-order valence-electron chi connectivity index (χ1n) is 2.87. The molecule has 1 aromatic carbocycles. The van der Waals surface area contributed by atoms with Gasteiger partial charge in [-0.25, -0.2) is 4.39 Å². The van der Waals surface area contributed by atoms with E-state index in [9.17, 15) is 4.39 Å². The average molecular weight is 286 g/mol. The average Bonchev–Trinajstić information content (AvgIpc) is 1.97. The minimum absolute atomic E-state index is 0.0413. The molecule has 0 heterocycles. The summed E-state index contributed by atoms with van der Waals surface area (Å²) in [6.07, 6.45) is 0. The molecule has 1 aromatic rings. The molecule has 0 atom stereocenters. The molecular weight excluding hydrogens is 281 g/mol. The van der Waals surface area contributed by atoms with Crippen LogP contribution in [0.25, 0.3) is 0 Å². The second-order valence-electron chi connectivity index (χ2n) is 2.15. The van der Waals surface area contributed by atoms with E-state index in [1.807, 2.05) is 22.6 Å². The lowest BCUT2D eigenvalue weighted by atomic mass is 10.2. The zero-order chi connectivity index (χ0) is 8.59. The Kier molecular flexibility index (Phi) is 2.59. The molecule has 0 saturated heterocycles. The number of aryl methyl sites for hydroxylation is 1. The van der Waals surface area contributed by atoms with E-state index < -0.39 is 5.82 Å². The highest BCUT2D eigenvalue weighted by molar-refractivity contribution is 14.1. The van der Waals surface area contributed by atoms with Crippen molar-refractivity contribution in [2.24, 2.45) is 0 Å². The Morgan fingerprint density at radius 2 is 2.18 bits per heavy atom. The maximum absolute atomic E-state index is 12.8. The van der Waals surface area contributed by atoms with Crippen LogP contribution in [0.15, 0.2) is 6.07 Å². The van der Waals surface area contributed by atoms with Gasteiger partial charge in [0.15, 0.2) is 11.6 Å². The van der Waals surface area contributed by atoms with Gasteiger partial charge in [-0.1, -0.05) is 11.6 Å². The van der Waals surface area contributed by atoms with Crippen molar-refractivity contribution in [3.63, 3.8) is 0 Å². The summed E-state index contributed by atoms with van der Waals surface area (Å²) in [5.74, 6) is -1.11. The Balaban J connectivity index is 3.46. The van der Waals surface area contributed by atoms with Crippen LogP contribution in [0, 0.1) is 16.3 Å². The molecular formula is C7H5ClFIO. The molecule has 1 nitrogen and oxygen atoms in total. The lowest BCUT2D eigenvalue weighted by Crippen LogP contribution is -1.86. The van der Waals surface area contributed by atoms with Crippen LogP contribution in [0.4, 0.5) is 4.39 Å². The topological polar surface area (TPSA) is 20.2 Å². The molecule has 0 aliphatic carbocycles. The van der Waals surface area contributed by atoms with Gasteiger partial charge in [0.25, 0.3) is 0 Å². The number of halogens is 3. The zero-order valence-electron chi connectivity index (χ0n) is 5.66. The molecule has 11 heavy (non-hydrogen) atoms. The number of benzene rings is 1. The highest BCUT2D eigenvalue weighted by atomic mass is 127. The fraction of sp³-hybridized carbons (Fsp3) is 0.143.